The molecule has 1 aromatic rings. The van der Waals surface area contributed by atoms with Gasteiger partial charge in [-0.25, -0.2) is 0 Å². The second kappa shape index (κ2) is 61.5. The summed E-state index contributed by atoms with van der Waals surface area (Å²) in [5, 5.41) is 0. The van der Waals surface area contributed by atoms with Crippen LogP contribution in [0.3, 0.4) is 0 Å². The Bertz CT molecular complexity index is 1930. The molecule has 0 bridgehead atoms. The molecule has 0 aliphatic heterocycles. The van der Waals surface area contributed by atoms with Crippen molar-refractivity contribution in [1.82, 2.24) is 4.90 Å². The molecule has 1 aromatic carbocycles. The topological polar surface area (TPSA) is 133 Å². The van der Waals surface area contributed by atoms with Gasteiger partial charge in [-0.15, -0.1) is 0 Å². The number of carbonyl (C=O) groups excluding carboxylic acids is 6. The number of benzene rings is 1. The largest absolute Gasteiger partial charge is 0.493 e. The van der Waals surface area contributed by atoms with Gasteiger partial charge in [0.25, 0.3) is 0 Å². The van der Waals surface area contributed by atoms with Crippen LogP contribution in [0.1, 0.15) is 277 Å². The Morgan fingerprint density at radius 3 is 1.11 bits per heavy atom. The van der Waals surface area contributed by atoms with Crippen molar-refractivity contribution in [2.75, 3.05) is 39.5 Å². The van der Waals surface area contributed by atoms with Crippen LogP contribution < -0.4 is 4.74 Å². The maximum absolute atomic E-state index is 12.4. The number of ketones is 5. The van der Waals surface area contributed by atoms with Crippen LogP contribution in [0, 0.1) is 107 Å². The van der Waals surface area contributed by atoms with Crippen LogP contribution >= 0.6 is 54.0 Å². The first-order valence-corrected chi connectivity index (χ1v) is 35.4. The molecule has 550 valence electrons. The van der Waals surface area contributed by atoms with Gasteiger partial charge >= 0.3 is 5.97 Å². The maximum Gasteiger partial charge on any atom is 0.305 e. The minimum atomic E-state index is -0.0920. The Morgan fingerprint density at radius 1 is 0.370 bits per heavy atom. The number of ether oxygens (including phenoxy) is 3. The minimum absolute atomic E-state index is 0. The molecule has 0 amide bonds. The summed E-state index contributed by atoms with van der Waals surface area (Å²) in [5.74, 6) is 9.09. The first-order chi connectivity index (χ1) is 40.5. The van der Waals surface area contributed by atoms with Crippen LogP contribution in [0.2, 0.25) is 0 Å². The van der Waals surface area contributed by atoms with Crippen LogP contribution in [0.5, 0.6) is 5.75 Å². The normalized spacial score (nSPS) is 12.3. The van der Waals surface area contributed by atoms with Crippen molar-refractivity contribution in [2.45, 2.75) is 284 Å². The maximum atomic E-state index is 12.4. The number of rotatable bonds is 41. The van der Waals surface area contributed by atoms with Crippen LogP contribution in [-0.4, -0.2) is 85.3 Å². The second-order valence-corrected chi connectivity index (χ2v) is 31.4. The van der Waals surface area contributed by atoms with E-state index in [9.17, 15) is 28.8 Å². The van der Waals surface area contributed by atoms with E-state index in [1.807, 2.05) is 95.2 Å². The Balaban J connectivity index is -0.000000160. The quantitative estimate of drug-likeness (QED) is 0.0461. The molecule has 0 saturated carbocycles. The summed E-state index contributed by atoms with van der Waals surface area (Å²) in [4.78, 5) is 73.9. The number of nitrogens with zero attached hydrogens (tertiary/aromatic N) is 1. The minimum Gasteiger partial charge on any atom is -0.493 e. The average Bonchev–Trinajstić information content (AvgIpc) is 3.39. The number of unbranched alkanes of at least 4 members (excludes halogenated alkanes) is 2. The van der Waals surface area contributed by atoms with E-state index in [1.165, 1.54) is 5.56 Å². The molecule has 0 N–H and O–H groups in total. The number of carbonyl (C=O) groups is 6. The second-order valence-electron chi connectivity index (χ2n) is 31.4. The molecule has 0 radical (unpaired) electrons. The zero-order chi connectivity index (χ0) is 69.1. The van der Waals surface area contributed by atoms with Gasteiger partial charge in [-0.05, 0) is 136 Å². The predicted molar refractivity (Wildman–Crippen MR) is 419 cm³/mol. The fraction of sp³-hybridized carbons (Fsp3) is 0.846. The Labute approximate surface area is 599 Å². The van der Waals surface area contributed by atoms with E-state index in [0.29, 0.717) is 114 Å². The molecule has 0 aliphatic rings. The molecule has 0 aliphatic carbocycles. The van der Waals surface area contributed by atoms with E-state index < -0.39 is 0 Å². The number of hydrogen-bond donors (Lipinski definition) is 0. The summed E-state index contributed by atoms with van der Waals surface area (Å²) in [6.07, 6.45) is 10.1. The highest BCUT2D eigenvalue weighted by Crippen LogP contribution is 2.27. The van der Waals surface area contributed by atoms with Crippen molar-refractivity contribution in [1.29, 1.82) is 0 Å². The monoisotopic (exact) mass is 1380 g/mol. The van der Waals surface area contributed by atoms with Crippen LogP contribution in [0.15, 0.2) is 24.3 Å². The van der Waals surface area contributed by atoms with E-state index in [4.69, 9.17) is 14.2 Å². The fourth-order valence-corrected chi connectivity index (χ4v) is 10.2. The molecule has 0 saturated heterocycles. The van der Waals surface area contributed by atoms with E-state index in [0.717, 1.165) is 89.7 Å². The highest BCUT2D eigenvalue weighted by molar-refractivity contribution is 7.59. The van der Waals surface area contributed by atoms with Crippen LogP contribution in [0.25, 0.3) is 0 Å². The van der Waals surface area contributed by atoms with Gasteiger partial charge in [0.05, 0.1) is 26.4 Å². The lowest BCUT2D eigenvalue weighted by molar-refractivity contribution is -0.145. The zero-order valence-corrected chi connectivity index (χ0v) is 69.4. The lowest BCUT2D eigenvalue weighted by Crippen LogP contribution is -2.39. The SMILES string of the molecule is CC(C)CC(CC(C)C)C(=O)C(C)C.CC(C)CN(CC(=O)C(C)C)C(C)C.CC(C)COC(=O)CCCCC[C@H](CC(C)C)C(=O)C(C)C.CC(C)COC[C@H](CC(C)C)C(=O)C(C)C.CC(C)COc1ccc(C[C@H](CC(C)C)C(=O)C(C)C)cc1.S.S.S.S. The summed E-state index contributed by atoms with van der Waals surface area (Å²) in [6.45, 7) is 67.2. The third-order valence-corrected chi connectivity index (χ3v) is 14.8. The van der Waals surface area contributed by atoms with E-state index >= 15 is 0 Å². The van der Waals surface area contributed by atoms with E-state index in [1.54, 1.807) is 0 Å². The smallest absolute Gasteiger partial charge is 0.305 e. The summed E-state index contributed by atoms with van der Waals surface area (Å²) in [5.41, 5.74) is 1.22. The molecule has 0 fully saturated rings. The van der Waals surface area contributed by atoms with Gasteiger partial charge in [0, 0.05) is 78.9 Å². The molecule has 0 heterocycles. The predicted octanol–water partition coefficient (Wildman–Crippen LogP) is 20.7. The van der Waals surface area contributed by atoms with Crippen molar-refractivity contribution in [3.8, 4) is 5.75 Å². The van der Waals surface area contributed by atoms with E-state index in [-0.39, 0.29) is 113 Å². The van der Waals surface area contributed by atoms with Gasteiger partial charge in [-0.2, -0.15) is 54.0 Å². The summed E-state index contributed by atoms with van der Waals surface area (Å²) >= 11 is 0. The van der Waals surface area contributed by atoms with Gasteiger partial charge in [0.2, 0.25) is 0 Å². The van der Waals surface area contributed by atoms with Crippen molar-refractivity contribution >= 4 is 88.9 Å². The van der Waals surface area contributed by atoms with Gasteiger partial charge < -0.3 is 14.2 Å². The first-order valence-electron chi connectivity index (χ1n) is 35.4. The standard InChI is InChI=1S/C20H32O2.C19H36O3.C14H28O2.C13H26O.C12H25NO.4H2S/c1-14(2)11-18(20(21)16(5)6)12-17-7-9-19(10-8-17)22-13-15(3)4;1-14(2)12-17(19(21)16(5)6)10-8-7-9-11-18(20)22-13-15(3)4;1-10(2)7-13(14(15)12(5)6)9-16-8-11(3)4;1-9(2)7-12(8-10(3)4)13(14)11(5)6;1-9(2)7-13(11(5)6)8-12(14)10(3)4;;;;/h7-10,14-16,18H,11-13H2,1-6H3;14-17H,7-13H2,1-6H3;10-13H,7-9H2,1-6H3;9-12H,7-8H2,1-6H3;9-11H,7-8H2,1-6H3;4*1H2/t18-;17-;13-;;;;;;/m010....../s1. The van der Waals surface area contributed by atoms with Crippen molar-refractivity contribution in [3.63, 3.8) is 0 Å². The summed E-state index contributed by atoms with van der Waals surface area (Å²) < 4.78 is 16.5. The Kier molecular flexibility index (Phi) is 71.0. The molecule has 0 aromatic heterocycles. The molecule has 10 nitrogen and oxygen atoms in total. The molecule has 3 atom stereocenters. The van der Waals surface area contributed by atoms with Crippen LogP contribution in [0.4, 0.5) is 0 Å². The molecule has 0 spiro atoms. The van der Waals surface area contributed by atoms with Crippen LogP contribution in [-0.2, 0) is 44.7 Å². The first kappa shape index (κ1) is 106. The van der Waals surface area contributed by atoms with Gasteiger partial charge in [0.1, 0.15) is 34.7 Å². The third kappa shape index (κ3) is 61.7. The highest BCUT2D eigenvalue weighted by atomic mass is 32.1. The number of esters is 1. The molecule has 92 heavy (non-hydrogen) atoms. The summed E-state index contributed by atoms with van der Waals surface area (Å²) in [7, 11) is 0. The lowest BCUT2D eigenvalue weighted by atomic mass is 9.83. The van der Waals surface area contributed by atoms with Crippen molar-refractivity contribution < 1.29 is 43.0 Å². The fourth-order valence-electron chi connectivity index (χ4n) is 10.2. The zero-order valence-electron chi connectivity index (χ0n) is 65.4. The summed E-state index contributed by atoms with van der Waals surface area (Å²) in [6, 6.07) is 8.68. The molecular weight excluding hydrogens is 1220 g/mol. The Morgan fingerprint density at radius 2 is 0.739 bits per heavy atom. The number of hydrogen-bond acceptors (Lipinski definition) is 10. The van der Waals surface area contributed by atoms with Gasteiger partial charge in [0.15, 0.2) is 0 Å². The van der Waals surface area contributed by atoms with Crippen molar-refractivity contribution in [3.05, 3.63) is 29.8 Å². The highest BCUT2D eigenvalue weighted by Gasteiger charge is 2.26. The number of Topliss-reactive ketones (excluding diaryl/α,β-unsaturated/α-hetero) is 5. The molecule has 14 heteroatoms. The Hall–Kier alpha value is -1.84. The van der Waals surface area contributed by atoms with Gasteiger partial charge in [-0.3, -0.25) is 33.7 Å². The van der Waals surface area contributed by atoms with E-state index in [2.05, 4.69) is 142 Å². The molecule has 0 unspecified atom stereocenters. The lowest BCUT2D eigenvalue weighted by Gasteiger charge is -2.28. The molecular formula is C78H155NO9S4. The molecule has 1 rings (SSSR count). The average molecular weight is 1380 g/mol. The third-order valence-electron chi connectivity index (χ3n) is 14.8. The van der Waals surface area contributed by atoms with Gasteiger partial charge in [-0.1, -0.05) is 219 Å². The van der Waals surface area contributed by atoms with Crippen molar-refractivity contribution in [2.24, 2.45) is 107 Å².